The molecular formula is C15H21NO5. The normalized spacial score (nSPS) is 11.9. The van der Waals surface area contributed by atoms with Crippen LogP contribution in [0.4, 0.5) is 0 Å². The first-order valence-corrected chi connectivity index (χ1v) is 6.64. The predicted octanol–water partition coefficient (Wildman–Crippen LogP) is 1.93. The lowest BCUT2D eigenvalue weighted by Crippen LogP contribution is -2.41. The third-order valence-electron chi connectivity index (χ3n) is 2.96. The number of carboxylic acids is 1. The van der Waals surface area contributed by atoms with E-state index in [0.717, 1.165) is 0 Å². The Morgan fingerprint density at radius 3 is 2.38 bits per heavy atom. The van der Waals surface area contributed by atoms with Gasteiger partial charge in [0.2, 0.25) is 0 Å². The third kappa shape index (κ3) is 4.66. The molecule has 1 aromatic carbocycles. The number of hydrogen-bond acceptors (Lipinski definition) is 4. The summed E-state index contributed by atoms with van der Waals surface area (Å²) in [6.07, 6.45) is 0.361. The summed E-state index contributed by atoms with van der Waals surface area (Å²) >= 11 is 0. The van der Waals surface area contributed by atoms with Crippen LogP contribution in [0.15, 0.2) is 18.2 Å². The fourth-order valence-electron chi connectivity index (χ4n) is 1.91. The number of nitrogens with one attached hydrogen (secondary N) is 1. The Morgan fingerprint density at radius 1 is 1.24 bits per heavy atom. The molecule has 0 aliphatic rings. The molecule has 0 aliphatic heterocycles. The third-order valence-corrected chi connectivity index (χ3v) is 2.96. The van der Waals surface area contributed by atoms with Crippen molar-refractivity contribution in [3.63, 3.8) is 0 Å². The summed E-state index contributed by atoms with van der Waals surface area (Å²) in [5.74, 6) is -0.489. The van der Waals surface area contributed by atoms with E-state index in [1.165, 1.54) is 14.2 Å². The van der Waals surface area contributed by atoms with E-state index < -0.39 is 17.9 Å². The summed E-state index contributed by atoms with van der Waals surface area (Å²) in [5.41, 5.74) is 0.272. The number of aliphatic carboxylic acids is 1. The van der Waals surface area contributed by atoms with Crippen molar-refractivity contribution in [2.24, 2.45) is 5.92 Å². The van der Waals surface area contributed by atoms with E-state index in [1.54, 1.807) is 18.2 Å². The van der Waals surface area contributed by atoms with Crippen molar-refractivity contribution in [2.75, 3.05) is 14.2 Å². The highest BCUT2D eigenvalue weighted by molar-refractivity contribution is 5.99. The standard InChI is InChI=1S/C15H21NO5/c1-9(2)7-12(15(18)19)16-14(17)11-6-5-10(20-3)8-13(11)21-4/h5-6,8-9,12H,7H2,1-4H3,(H,16,17)(H,18,19)/t12-/m1/s1. The molecule has 6 heteroatoms. The zero-order valence-electron chi connectivity index (χ0n) is 12.7. The highest BCUT2D eigenvalue weighted by Gasteiger charge is 2.23. The summed E-state index contributed by atoms with van der Waals surface area (Å²) in [7, 11) is 2.95. The first-order chi connectivity index (χ1) is 9.88. The van der Waals surface area contributed by atoms with E-state index in [4.69, 9.17) is 14.6 Å². The van der Waals surface area contributed by atoms with Gasteiger partial charge in [-0.2, -0.15) is 0 Å². The summed E-state index contributed by atoms with van der Waals surface area (Å²) in [6.45, 7) is 3.80. The Morgan fingerprint density at radius 2 is 1.90 bits per heavy atom. The Kier molecular flexibility index (Phi) is 6.02. The summed E-state index contributed by atoms with van der Waals surface area (Å²) in [5, 5.41) is 11.7. The maximum Gasteiger partial charge on any atom is 0.326 e. The van der Waals surface area contributed by atoms with Crippen LogP contribution in [-0.4, -0.2) is 37.2 Å². The minimum Gasteiger partial charge on any atom is -0.497 e. The van der Waals surface area contributed by atoms with Gasteiger partial charge in [-0.3, -0.25) is 4.79 Å². The van der Waals surface area contributed by atoms with Gasteiger partial charge in [0.15, 0.2) is 0 Å². The lowest BCUT2D eigenvalue weighted by Gasteiger charge is -2.17. The van der Waals surface area contributed by atoms with Crippen molar-refractivity contribution in [3.8, 4) is 11.5 Å². The van der Waals surface area contributed by atoms with Gasteiger partial charge in [0.25, 0.3) is 5.91 Å². The van der Waals surface area contributed by atoms with Crippen LogP contribution in [0.5, 0.6) is 11.5 Å². The number of carbonyl (C=O) groups excluding carboxylic acids is 1. The van der Waals surface area contributed by atoms with E-state index in [0.29, 0.717) is 17.9 Å². The molecular weight excluding hydrogens is 274 g/mol. The zero-order valence-corrected chi connectivity index (χ0v) is 12.7. The van der Waals surface area contributed by atoms with Crippen molar-refractivity contribution in [1.29, 1.82) is 0 Å². The highest BCUT2D eigenvalue weighted by Crippen LogP contribution is 2.24. The minimum absolute atomic E-state index is 0.157. The minimum atomic E-state index is -1.05. The van der Waals surface area contributed by atoms with Gasteiger partial charge in [0.1, 0.15) is 17.5 Å². The van der Waals surface area contributed by atoms with Gasteiger partial charge >= 0.3 is 5.97 Å². The van der Waals surface area contributed by atoms with Gasteiger partial charge in [-0.05, 0) is 24.5 Å². The Hall–Kier alpha value is -2.24. The molecule has 116 valence electrons. The van der Waals surface area contributed by atoms with Gasteiger partial charge in [-0.1, -0.05) is 13.8 Å². The molecule has 1 amide bonds. The van der Waals surface area contributed by atoms with Crippen molar-refractivity contribution in [1.82, 2.24) is 5.32 Å². The molecule has 0 bridgehead atoms. The molecule has 0 aromatic heterocycles. The molecule has 0 radical (unpaired) electrons. The molecule has 0 fully saturated rings. The topological polar surface area (TPSA) is 84.9 Å². The van der Waals surface area contributed by atoms with Gasteiger partial charge in [-0.25, -0.2) is 4.79 Å². The van der Waals surface area contributed by atoms with Crippen LogP contribution in [-0.2, 0) is 4.79 Å². The van der Waals surface area contributed by atoms with E-state index in [9.17, 15) is 9.59 Å². The van der Waals surface area contributed by atoms with Gasteiger partial charge in [0.05, 0.1) is 19.8 Å². The number of methoxy groups -OCH3 is 2. The molecule has 0 aliphatic carbocycles. The van der Waals surface area contributed by atoms with Crippen LogP contribution in [0.3, 0.4) is 0 Å². The summed E-state index contributed by atoms with van der Waals surface area (Å²) in [4.78, 5) is 23.4. The highest BCUT2D eigenvalue weighted by atomic mass is 16.5. The summed E-state index contributed by atoms with van der Waals surface area (Å²) < 4.78 is 10.2. The van der Waals surface area contributed by atoms with Crippen LogP contribution in [0, 0.1) is 5.92 Å². The quantitative estimate of drug-likeness (QED) is 0.803. The monoisotopic (exact) mass is 295 g/mol. The number of carbonyl (C=O) groups is 2. The van der Waals surface area contributed by atoms with E-state index in [-0.39, 0.29) is 11.5 Å². The van der Waals surface area contributed by atoms with E-state index in [1.807, 2.05) is 13.8 Å². The van der Waals surface area contributed by atoms with Crippen LogP contribution >= 0.6 is 0 Å². The Balaban J connectivity index is 2.94. The second-order valence-electron chi connectivity index (χ2n) is 5.06. The van der Waals surface area contributed by atoms with Crippen LogP contribution in [0.1, 0.15) is 30.6 Å². The lowest BCUT2D eigenvalue weighted by molar-refractivity contribution is -0.139. The second kappa shape index (κ2) is 7.52. The van der Waals surface area contributed by atoms with Gasteiger partial charge in [-0.15, -0.1) is 0 Å². The van der Waals surface area contributed by atoms with Crippen LogP contribution in [0.2, 0.25) is 0 Å². The number of carboxylic acid groups (broad SMARTS) is 1. The molecule has 0 unspecified atom stereocenters. The number of amides is 1. The van der Waals surface area contributed by atoms with Crippen molar-refractivity contribution in [3.05, 3.63) is 23.8 Å². The SMILES string of the molecule is COc1ccc(C(=O)N[C@H](CC(C)C)C(=O)O)c(OC)c1. The van der Waals surface area contributed by atoms with Crippen molar-refractivity contribution in [2.45, 2.75) is 26.3 Å². The maximum absolute atomic E-state index is 12.2. The fourth-order valence-corrected chi connectivity index (χ4v) is 1.91. The molecule has 0 saturated carbocycles. The first-order valence-electron chi connectivity index (χ1n) is 6.64. The molecule has 0 saturated heterocycles. The average Bonchev–Trinajstić information content (AvgIpc) is 2.45. The van der Waals surface area contributed by atoms with Gasteiger partial charge in [0, 0.05) is 6.07 Å². The smallest absolute Gasteiger partial charge is 0.326 e. The number of benzene rings is 1. The van der Waals surface area contributed by atoms with E-state index in [2.05, 4.69) is 5.32 Å². The Labute approximate surface area is 124 Å². The number of ether oxygens (including phenoxy) is 2. The van der Waals surface area contributed by atoms with Crippen molar-refractivity contribution < 1.29 is 24.2 Å². The molecule has 6 nitrogen and oxygen atoms in total. The van der Waals surface area contributed by atoms with Crippen molar-refractivity contribution >= 4 is 11.9 Å². The molecule has 2 N–H and O–H groups in total. The molecule has 1 aromatic rings. The molecule has 1 atom stereocenters. The van der Waals surface area contributed by atoms with Crippen LogP contribution in [0.25, 0.3) is 0 Å². The average molecular weight is 295 g/mol. The number of hydrogen-bond donors (Lipinski definition) is 2. The Bertz CT molecular complexity index is 513. The molecule has 1 rings (SSSR count). The van der Waals surface area contributed by atoms with Crippen LogP contribution < -0.4 is 14.8 Å². The lowest BCUT2D eigenvalue weighted by atomic mass is 10.0. The molecule has 0 spiro atoms. The van der Waals surface area contributed by atoms with E-state index >= 15 is 0 Å². The first kappa shape index (κ1) is 16.8. The number of rotatable bonds is 7. The fraction of sp³-hybridized carbons (Fsp3) is 0.467. The summed E-state index contributed by atoms with van der Waals surface area (Å²) in [6, 6.07) is 3.81. The molecule has 0 heterocycles. The zero-order chi connectivity index (χ0) is 16.0. The maximum atomic E-state index is 12.2. The second-order valence-corrected chi connectivity index (χ2v) is 5.06. The molecule has 21 heavy (non-hydrogen) atoms. The van der Waals surface area contributed by atoms with Gasteiger partial charge < -0.3 is 19.9 Å². The largest absolute Gasteiger partial charge is 0.497 e. The predicted molar refractivity (Wildman–Crippen MR) is 77.9 cm³/mol.